The van der Waals surface area contributed by atoms with E-state index in [1.807, 2.05) is 0 Å². The van der Waals surface area contributed by atoms with Crippen LogP contribution >= 0.6 is 0 Å². The van der Waals surface area contributed by atoms with Crippen LogP contribution in [0, 0.1) is 6.92 Å². The highest BCUT2D eigenvalue weighted by atomic mass is 16.1. The van der Waals surface area contributed by atoms with Crippen molar-refractivity contribution in [2.45, 2.75) is 6.92 Å². The van der Waals surface area contributed by atoms with Crippen LogP contribution in [0.3, 0.4) is 0 Å². The number of nitrogens with zero attached hydrogens (tertiary/aromatic N) is 3. The molecule has 0 radical (unpaired) electrons. The van der Waals surface area contributed by atoms with Crippen LogP contribution in [-0.2, 0) is 7.05 Å². The summed E-state index contributed by atoms with van der Waals surface area (Å²) in [5.74, 6) is 5.50. The number of rotatable bonds is 3. The second-order valence-electron chi connectivity index (χ2n) is 3.88. The SMILES string of the molecule is Cc1cc(C(=O)Nc2cnn(C)c2)cc(NN)n1. The Morgan fingerprint density at radius 3 is 2.83 bits per heavy atom. The van der Waals surface area contributed by atoms with E-state index < -0.39 is 0 Å². The molecule has 0 unspecified atom stereocenters. The molecule has 0 spiro atoms. The van der Waals surface area contributed by atoms with Crippen molar-refractivity contribution < 1.29 is 4.79 Å². The molecule has 7 nitrogen and oxygen atoms in total. The lowest BCUT2D eigenvalue weighted by molar-refractivity contribution is 0.102. The van der Waals surface area contributed by atoms with Crippen LogP contribution in [0.25, 0.3) is 0 Å². The van der Waals surface area contributed by atoms with Crippen molar-refractivity contribution in [3.05, 3.63) is 35.8 Å². The third kappa shape index (κ3) is 2.64. The lowest BCUT2D eigenvalue weighted by Crippen LogP contribution is -2.14. The van der Waals surface area contributed by atoms with Crippen LogP contribution in [0.1, 0.15) is 16.1 Å². The second kappa shape index (κ2) is 4.84. The number of aromatic nitrogens is 3. The Morgan fingerprint density at radius 1 is 1.44 bits per heavy atom. The zero-order valence-corrected chi connectivity index (χ0v) is 10.1. The molecule has 2 rings (SSSR count). The van der Waals surface area contributed by atoms with Gasteiger partial charge in [-0.3, -0.25) is 9.48 Å². The zero-order chi connectivity index (χ0) is 13.1. The van der Waals surface area contributed by atoms with E-state index in [0.29, 0.717) is 22.8 Å². The van der Waals surface area contributed by atoms with Crippen LogP contribution in [0.15, 0.2) is 24.5 Å². The average molecular weight is 246 g/mol. The number of hydrazine groups is 1. The molecule has 2 aromatic heterocycles. The smallest absolute Gasteiger partial charge is 0.255 e. The Bertz CT molecular complexity index is 577. The van der Waals surface area contributed by atoms with Gasteiger partial charge in [0.25, 0.3) is 5.91 Å². The minimum absolute atomic E-state index is 0.231. The maximum Gasteiger partial charge on any atom is 0.255 e. The van der Waals surface area contributed by atoms with E-state index in [-0.39, 0.29) is 5.91 Å². The Morgan fingerprint density at radius 2 is 2.22 bits per heavy atom. The Hall–Kier alpha value is -2.41. The number of amides is 1. The summed E-state index contributed by atoms with van der Waals surface area (Å²) in [6.45, 7) is 1.79. The minimum atomic E-state index is -0.231. The number of hydrogen-bond donors (Lipinski definition) is 3. The number of nitrogen functional groups attached to an aromatic ring is 1. The molecule has 18 heavy (non-hydrogen) atoms. The minimum Gasteiger partial charge on any atom is -0.319 e. The number of nitrogens with one attached hydrogen (secondary N) is 2. The molecule has 94 valence electrons. The summed E-state index contributed by atoms with van der Waals surface area (Å²) in [5.41, 5.74) is 4.26. The number of carbonyl (C=O) groups is 1. The number of nitrogens with two attached hydrogens (primary N) is 1. The average Bonchev–Trinajstić information content (AvgIpc) is 2.73. The first-order valence-electron chi connectivity index (χ1n) is 5.34. The monoisotopic (exact) mass is 246 g/mol. The van der Waals surface area contributed by atoms with Gasteiger partial charge in [-0.2, -0.15) is 5.10 Å². The number of pyridine rings is 1. The third-order valence-corrected chi connectivity index (χ3v) is 2.33. The fourth-order valence-corrected chi connectivity index (χ4v) is 1.56. The normalized spacial score (nSPS) is 10.2. The molecule has 0 aromatic carbocycles. The zero-order valence-electron chi connectivity index (χ0n) is 10.1. The van der Waals surface area contributed by atoms with E-state index in [1.165, 1.54) is 0 Å². The summed E-state index contributed by atoms with van der Waals surface area (Å²) in [4.78, 5) is 16.1. The quantitative estimate of drug-likeness (QED) is 0.546. The van der Waals surface area contributed by atoms with Crippen molar-refractivity contribution in [1.29, 1.82) is 0 Å². The van der Waals surface area contributed by atoms with Crippen molar-refractivity contribution in [3.63, 3.8) is 0 Å². The van der Waals surface area contributed by atoms with Gasteiger partial charge in [0.05, 0.1) is 11.9 Å². The molecule has 0 bridgehead atoms. The lowest BCUT2D eigenvalue weighted by atomic mass is 10.2. The van der Waals surface area contributed by atoms with Crippen molar-refractivity contribution in [1.82, 2.24) is 14.8 Å². The summed E-state index contributed by atoms with van der Waals surface area (Å²) < 4.78 is 1.61. The van der Waals surface area contributed by atoms with Gasteiger partial charge < -0.3 is 10.7 Å². The predicted molar refractivity (Wildman–Crippen MR) is 67.9 cm³/mol. The fourth-order valence-electron chi connectivity index (χ4n) is 1.56. The van der Waals surface area contributed by atoms with Crippen LogP contribution in [0.5, 0.6) is 0 Å². The van der Waals surface area contributed by atoms with Crippen molar-refractivity contribution in [2.75, 3.05) is 10.7 Å². The molecule has 2 heterocycles. The first-order valence-corrected chi connectivity index (χ1v) is 5.34. The topological polar surface area (TPSA) is 97.9 Å². The van der Waals surface area contributed by atoms with E-state index in [4.69, 9.17) is 5.84 Å². The summed E-state index contributed by atoms with van der Waals surface area (Å²) in [5, 5.41) is 6.71. The van der Waals surface area contributed by atoms with Crippen molar-refractivity contribution in [3.8, 4) is 0 Å². The largest absolute Gasteiger partial charge is 0.319 e. The molecule has 0 saturated heterocycles. The van der Waals surface area contributed by atoms with Gasteiger partial charge in [-0.05, 0) is 19.1 Å². The number of anilines is 2. The Labute approximate surface area is 104 Å². The molecule has 0 atom stereocenters. The van der Waals surface area contributed by atoms with E-state index in [1.54, 1.807) is 43.2 Å². The van der Waals surface area contributed by atoms with Crippen LogP contribution in [0.2, 0.25) is 0 Å². The van der Waals surface area contributed by atoms with Crippen molar-refractivity contribution in [2.24, 2.45) is 12.9 Å². The highest BCUT2D eigenvalue weighted by molar-refractivity contribution is 6.04. The van der Waals surface area contributed by atoms with Crippen LogP contribution in [-0.4, -0.2) is 20.7 Å². The molecule has 0 aliphatic heterocycles. The highest BCUT2D eigenvalue weighted by Crippen LogP contribution is 2.12. The molecular formula is C11H14N6O. The van der Waals surface area contributed by atoms with E-state index in [0.717, 1.165) is 0 Å². The molecule has 7 heteroatoms. The molecule has 0 aliphatic rings. The third-order valence-electron chi connectivity index (χ3n) is 2.33. The first kappa shape index (κ1) is 12.1. The van der Waals surface area contributed by atoms with Gasteiger partial charge >= 0.3 is 0 Å². The first-order chi connectivity index (χ1) is 8.58. The maximum absolute atomic E-state index is 12.0. The highest BCUT2D eigenvalue weighted by Gasteiger charge is 2.09. The molecule has 0 aliphatic carbocycles. The summed E-state index contributed by atoms with van der Waals surface area (Å²) >= 11 is 0. The number of hydrogen-bond acceptors (Lipinski definition) is 5. The summed E-state index contributed by atoms with van der Waals surface area (Å²) in [7, 11) is 1.78. The van der Waals surface area contributed by atoms with Crippen LogP contribution < -0.4 is 16.6 Å². The van der Waals surface area contributed by atoms with E-state index in [9.17, 15) is 4.79 Å². The molecule has 0 fully saturated rings. The standard InChI is InChI=1S/C11H14N6O/c1-7-3-8(4-10(14-7)16-12)11(18)15-9-5-13-17(2)6-9/h3-6H,12H2,1-2H3,(H,14,16)(H,15,18). The molecule has 1 amide bonds. The molecule has 4 N–H and O–H groups in total. The lowest BCUT2D eigenvalue weighted by Gasteiger charge is -2.06. The van der Waals surface area contributed by atoms with Gasteiger partial charge in [-0.15, -0.1) is 0 Å². The second-order valence-corrected chi connectivity index (χ2v) is 3.88. The Kier molecular flexibility index (Phi) is 3.24. The van der Waals surface area contributed by atoms with E-state index in [2.05, 4.69) is 20.8 Å². The predicted octanol–water partition coefficient (Wildman–Crippen LogP) is 0.661. The van der Waals surface area contributed by atoms with Gasteiger partial charge in [0.15, 0.2) is 0 Å². The van der Waals surface area contributed by atoms with Gasteiger partial charge in [-0.25, -0.2) is 10.8 Å². The molecule has 2 aromatic rings. The van der Waals surface area contributed by atoms with Gasteiger partial charge in [0.1, 0.15) is 5.82 Å². The fraction of sp³-hybridized carbons (Fsp3) is 0.182. The molecular weight excluding hydrogens is 232 g/mol. The number of aryl methyl sites for hydroxylation is 2. The summed E-state index contributed by atoms with van der Waals surface area (Å²) in [6, 6.07) is 3.27. The van der Waals surface area contributed by atoms with E-state index >= 15 is 0 Å². The van der Waals surface area contributed by atoms with Gasteiger partial charge in [-0.1, -0.05) is 0 Å². The van der Waals surface area contributed by atoms with Gasteiger partial charge in [0, 0.05) is 24.5 Å². The van der Waals surface area contributed by atoms with Crippen LogP contribution in [0.4, 0.5) is 11.5 Å². The number of carbonyl (C=O) groups excluding carboxylic acids is 1. The summed E-state index contributed by atoms with van der Waals surface area (Å²) in [6.07, 6.45) is 3.29. The van der Waals surface area contributed by atoms with Gasteiger partial charge in [0.2, 0.25) is 0 Å². The molecule has 0 saturated carbocycles. The van der Waals surface area contributed by atoms with Crippen molar-refractivity contribution >= 4 is 17.4 Å². The maximum atomic E-state index is 12.0. The Balaban J connectivity index is 2.20.